The van der Waals surface area contributed by atoms with Crippen molar-refractivity contribution in [2.75, 3.05) is 23.7 Å². The number of carbonyl (C=O) groups excluding carboxylic acids is 1. The van der Waals surface area contributed by atoms with Crippen LogP contribution in [-0.2, 0) is 4.79 Å². The predicted octanol–water partition coefficient (Wildman–Crippen LogP) is 1.77. The number of fused-ring (bicyclic) bond motifs is 1. The number of ether oxygens (including phenoxy) is 1. The van der Waals surface area contributed by atoms with Crippen molar-refractivity contribution in [2.24, 2.45) is 0 Å². The SMILES string of the molecule is CCC(C)NC(=O)CN1CC(C)Oc2cccc(N)c21. The number of nitrogen functional groups attached to an aromatic ring is 1. The van der Waals surface area contributed by atoms with Gasteiger partial charge in [-0.2, -0.15) is 0 Å². The summed E-state index contributed by atoms with van der Waals surface area (Å²) >= 11 is 0. The number of nitrogens with zero attached hydrogens (tertiary/aromatic N) is 1. The van der Waals surface area contributed by atoms with E-state index < -0.39 is 0 Å². The highest BCUT2D eigenvalue weighted by Crippen LogP contribution is 2.37. The molecule has 110 valence electrons. The highest BCUT2D eigenvalue weighted by atomic mass is 16.5. The van der Waals surface area contributed by atoms with Crippen molar-refractivity contribution in [1.82, 2.24) is 5.32 Å². The van der Waals surface area contributed by atoms with Crippen molar-refractivity contribution < 1.29 is 9.53 Å². The Morgan fingerprint density at radius 2 is 2.35 bits per heavy atom. The van der Waals surface area contributed by atoms with Crippen molar-refractivity contribution in [2.45, 2.75) is 39.3 Å². The topological polar surface area (TPSA) is 67.6 Å². The number of para-hydroxylation sites is 1. The predicted molar refractivity (Wildman–Crippen MR) is 81.1 cm³/mol. The fourth-order valence-electron chi connectivity index (χ4n) is 2.37. The first-order chi connectivity index (χ1) is 9.51. The van der Waals surface area contributed by atoms with E-state index in [1.807, 2.05) is 36.9 Å². The van der Waals surface area contributed by atoms with E-state index in [1.165, 1.54) is 0 Å². The number of carbonyl (C=O) groups is 1. The van der Waals surface area contributed by atoms with Gasteiger partial charge in [-0.15, -0.1) is 0 Å². The van der Waals surface area contributed by atoms with Gasteiger partial charge in [0.1, 0.15) is 17.5 Å². The first kappa shape index (κ1) is 14.5. The molecule has 1 aromatic carbocycles. The van der Waals surface area contributed by atoms with E-state index in [9.17, 15) is 4.79 Å². The Balaban J connectivity index is 2.15. The van der Waals surface area contributed by atoms with E-state index in [2.05, 4.69) is 12.2 Å². The van der Waals surface area contributed by atoms with E-state index in [-0.39, 0.29) is 18.1 Å². The van der Waals surface area contributed by atoms with Crippen LogP contribution in [0, 0.1) is 0 Å². The minimum Gasteiger partial charge on any atom is -0.487 e. The van der Waals surface area contributed by atoms with Crippen LogP contribution in [-0.4, -0.2) is 31.1 Å². The van der Waals surface area contributed by atoms with Crippen LogP contribution in [0.25, 0.3) is 0 Å². The summed E-state index contributed by atoms with van der Waals surface area (Å²) in [5.74, 6) is 0.766. The van der Waals surface area contributed by atoms with Crippen molar-refractivity contribution in [3.63, 3.8) is 0 Å². The molecule has 0 aliphatic carbocycles. The van der Waals surface area contributed by atoms with E-state index in [0.717, 1.165) is 17.9 Å². The van der Waals surface area contributed by atoms with Crippen LogP contribution in [0.5, 0.6) is 5.75 Å². The van der Waals surface area contributed by atoms with Gasteiger partial charge in [-0.05, 0) is 32.4 Å². The normalized spacial score (nSPS) is 18.9. The molecular formula is C15H23N3O2. The van der Waals surface area contributed by atoms with Crippen LogP contribution in [0.1, 0.15) is 27.2 Å². The fourth-order valence-corrected chi connectivity index (χ4v) is 2.37. The molecule has 0 bridgehead atoms. The number of benzene rings is 1. The van der Waals surface area contributed by atoms with Gasteiger partial charge < -0.3 is 20.7 Å². The van der Waals surface area contributed by atoms with Gasteiger partial charge in [0.15, 0.2) is 0 Å². The Hall–Kier alpha value is -1.91. The zero-order valence-electron chi connectivity index (χ0n) is 12.3. The highest BCUT2D eigenvalue weighted by molar-refractivity contribution is 5.85. The molecule has 1 aromatic rings. The van der Waals surface area contributed by atoms with Gasteiger partial charge in [-0.3, -0.25) is 4.79 Å². The number of nitrogens with one attached hydrogen (secondary N) is 1. The smallest absolute Gasteiger partial charge is 0.239 e. The molecule has 0 saturated heterocycles. The average molecular weight is 277 g/mol. The lowest BCUT2D eigenvalue weighted by atomic mass is 10.1. The van der Waals surface area contributed by atoms with Crippen LogP contribution in [0.2, 0.25) is 0 Å². The summed E-state index contributed by atoms with van der Waals surface area (Å²) in [5.41, 5.74) is 7.50. The van der Waals surface area contributed by atoms with Crippen molar-refractivity contribution in [1.29, 1.82) is 0 Å². The summed E-state index contributed by atoms with van der Waals surface area (Å²) in [6.45, 7) is 7.01. The molecule has 0 fully saturated rings. The lowest BCUT2D eigenvalue weighted by molar-refractivity contribution is -0.120. The minimum absolute atomic E-state index is 0.0163. The Morgan fingerprint density at radius 1 is 1.60 bits per heavy atom. The van der Waals surface area contributed by atoms with Crippen molar-refractivity contribution >= 4 is 17.3 Å². The Morgan fingerprint density at radius 3 is 3.05 bits per heavy atom. The highest BCUT2D eigenvalue weighted by Gasteiger charge is 2.26. The molecule has 1 heterocycles. The Labute approximate surface area is 120 Å². The molecule has 5 heteroatoms. The summed E-state index contributed by atoms with van der Waals surface area (Å²) < 4.78 is 5.77. The molecule has 3 N–H and O–H groups in total. The molecular weight excluding hydrogens is 254 g/mol. The van der Waals surface area contributed by atoms with Gasteiger partial charge in [-0.25, -0.2) is 0 Å². The second-order valence-electron chi connectivity index (χ2n) is 5.38. The maximum Gasteiger partial charge on any atom is 0.239 e. The molecule has 0 radical (unpaired) electrons. The number of amides is 1. The Kier molecular flexibility index (Phi) is 4.37. The number of hydrogen-bond donors (Lipinski definition) is 2. The third-order valence-electron chi connectivity index (χ3n) is 3.51. The molecule has 2 atom stereocenters. The first-order valence-corrected chi connectivity index (χ1v) is 7.10. The van der Waals surface area contributed by atoms with E-state index in [0.29, 0.717) is 18.8 Å². The quantitative estimate of drug-likeness (QED) is 0.823. The lowest BCUT2D eigenvalue weighted by Crippen LogP contribution is -2.46. The monoisotopic (exact) mass is 277 g/mol. The van der Waals surface area contributed by atoms with Gasteiger partial charge in [0, 0.05) is 6.04 Å². The average Bonchev–Trinajstić information content (AvgIpc) is 2.37. The second-order valence-corrected chi connectivity index (χ2v) is 5.38. The van der Waals surface area contributed by atoms with Crippen LogP contribution in [0.15, 0.2) is 18.2 Å². The van der Waals surface area contributed by atoms with E-state index in [1.54, 1.807) is 0 Å². The fraction of sp³-hybridized carbons (Fsp3) is 0.533. The molecule has 1 aliphatic heterocycles. The number of hydrogen-bond acceptors (Lipinski definition) is 4. The number of nitrogens with two attached hydrogens (primary N) is 1. The van der Waals surface area contributed by atoms with Crippen LogP contribution >= 0.6 is 0 Å². The van der Waals surface area contributed by atoms with Crippen LogP contribution in [0.3, 0.4) is 0 Å². The summed E-state index contributed by atoms with van der Waals surface area (Å²) in [6, 6.07) is 5.77. The number of anilines is 2. The molecule has 1 aliphatic rings. The van der Waals surface area contributed by atoms with Crippen molar-refractivity contribution in [3.8, 4) is 5.75 Å². The third-order valence-corrected chi connectivity index (χ3v) is 3.51. The van der Waals surface area contributed by atoms with Crippen molar-refractivity contribution in [3.05, 3.63) is 18.2 Å². The summed E-state index contributed by atoms with van der Waals surface area (Å²) in [5, 5.41) is 2.98. The van der Waals surface area contributed by atoms with Gasteiger partial charge in [0.2, 0.25) is 5.91 Å². The summed E-state index contributed by atoms with van der Waals surface area (Å²) in [4.78, 5) is 14.1. The first-order valence-electron chi connectivity index (χ1n) is 7.10. The maximum atomic E-state index is 12.1. The third kappa shape index (κ3) is 3.15. The zero-order valence-corrected chi connectivity index (χ0v) is 12.3. The molecule has 0 aromatic heterocycles. The minimum atomic E-state index is 0.0163. The molecule has 1 amide bonds. The molecule has 5 nitrogen and oxygen atoms in total. The number of rotatable bonds is 4. The summed E-state index contributed by atoms with van der Waals surface area (Å²) in [6.07, 6.45) is 0.963. The van der Waals surface area contributed by atoms with Crippen LogP contribution in [0.4, 0.5) is 11.4 Å². The van der Waals surface area contributed by atoms with Gasteiger partial charge in [0.05, 0.1) is 18.8 Å². The molecule has 0 saturated carbocycles. The maximum absolute atomic E-state index is 12.1. The Bertz CT molecular complexity index is 490. The zero-order chi connectivity index (χ0) is 14.7. The molecule has 20 heavy (non-hydrogen) atoms. The second kappa shape index (κ2) is 6.03. The lowest BCUT2D eigenvalue weighted by Gasteiger charge is -2.35. The van der Waals surface area contributed by atoms with E-state index >= 15 is 0 Å². The van der Waals surface area contributed by atoms with E-state index in [4.69, 9.17) is 10.5 Å². The van der Waals surface area contributed by atoms with Gasteiger partial charge in [0.25, 0.3) is 0 Å². The molecule has 2 rings (SSSR count). The molecule has 0 spiro atoms. The standard InChI is InChI=1S/C15H23N3O2/c1-4-10(2)17-14(19)9-18-8-11(3)20-13-7-5-6-12(16)15(13)18/h5-7,10-11H,4,8-9,16H2,1-3H3,(H,17,19). The van der Waals surface area contributed by atoms with Gasteiger partial charge in [-0.1, -0.05) is 13.0 Å². The largest absolute Gasteiger partial charge is 0.487 e. The summed E-state index contributed by atoms with van der Waals surface area (Å²) in [7, 11) is 0. The van der Waals surface area contributed by atoms with Crippen LogP contribution < -0.4 is 20.7 Å². The molecule has 2 unspecified atom stereocenters. The van der Waals surface area contributed by atoms with Gasteiger partial charge >= 0.3 is 0 Å².